The third-order valence-corrected chi connectivity index (χ3v) is 3.05. The summed E-state index contributed by atoms with van der Waals surface area (Å²) in [6, 6.07) is 15.8. The Morgan fingerprint density at radius 1 is 1.06 bits per heavy atom. The standard InChI is InChI=1S/C15H12ClNO/c16-12-8-14-13(6-7-17-14)15(9-12)18-10-11-4-2-1-3-5-11/h1-9,17H,10H2. The van der Waals surface area contributed by atoms with Gasteiger partial charge in [0.05, 0.1) is 5.52 Å². The fourth-order valence-corrected chi connectivity index (χ4v) is 2.16. The van der Waals surface area contributed by atoms with Crippen molar-refractivity contribution < 1.29 is 4.74 Å². The largest absolute Gasteiger partial charge is 0.488 e. The number of nitrogens with one attached hydrogen (secondary N) is 1. The molecule has 0 saturated heterocycles. The first kappa shape index (κ1) is 11.2. The lowest BCUT2D eigenvalue weighted by Gasteiger charge is -2.08. The molecule has 0 aliphatic rings. The average Bonchev–Trinajstić information content (AvgIpc) is 2.85. The van der Waals surface area contributed by atoms with Gasteiger partial charge in [-0.3, -0.25) is 0 Å². The molecule has 2 nitrogen and oxygen atoms in total. The summed E-state index contributed by atoms with van der Waals surface area (Å²) < 4.78 is 5.84. The molecule has 1 aromatic heterocycles. The van der Waals surface area contributed by atoms with E-state index in [4.69, 9.17) is 16.3 Å². The van der Waals surface area contributed by atoms with Crippen LogP contribution in [0.3, 0.4) is 0 Å². The highest BCUT2D eigenvalue weighted by Crippen LogP contribution is 2.29. The number of aromatic nitrogens is 1. The fraction of sp³-hybridized carbons (Fsp3) is 0.0667. The van der Waals surface area contributed by atoms with Crippen molar-refractivity contribution in [1.29, 1.82) is 0 Å². The van der Waals surface area contributed by atoms with Crippen LogP contribution >= 0.6 is 11.6 Å². The molecule has 0 atom stereocenters. The van der Waals surface area contributed by atoms with Crippen molar-refractivity contribution >= 4 is 22.5 Å². The number of benzene rings is 2. The van der Waals surface area contributed by atoms with Gasteiger partial charge in [-0.15, -0.1) is 0 Å². The van der Waals surface area contributed by atoms with Crippen LogP contribution in [0.1, 0.15) is 5.56 Å². The van der Waals surface area contributed by atoms with Crippen LogP contribution in [0.5, 0.6) is 5.75 Å². The zero-order valence-corrected chi connectivity index (χ0v) is 10.4. The van der Waals surface area contributed by atoms with Gasteiger partial charge in [0, 0.05) is 16.6 Å². The molecule has 0 aliphatic heterocycles. The quantitative estimate of drug-likeness (QED) is 0.739. The molecule has 0 aliphatic carbocycles. The second-order valence-corrected chi connectivity index (χ2v) is 4.55. The lowest BCUT2D eigenvalue weighted by molar-refractivity contribution is 0.310. The summed E-state index contributed by atoms with van der Waals surface area (Å²) in [4.78, 5) is 3.13. The first-order chi connectivity index (χ1) is 8.83. The minimum Gasteiger partial charge on any atom is -0.488 e. The zero-order valence-electron chi connectivity index (χ0n) is 9.69. The molecule has 0 radical (unpaired) electrons. The molecule has 3 rings (SSSR count). The maximum atomic E-state index is 6.06. The number of rotatable bonds is 3. The second-order valence-electron chi connectivity index (χ2n) is 4.12. The van der Waals surface area contributed by atoms with Crippen LogP contribution in [0, 0.1) is 0 Å². The van der Waals surface area contributed by atoms with Gasteiger partial charge in [-0.05, 0) is 23.8 Å². The van der Waals surface area contributed by atoms with Crippen LogP contribution in [0.4, 0.5) is 0 Å². The van der Waals surface area contributed by atoms with E-state index in [0.29, 0.717) is 11.6 Å². The van der Waals surface area contributed by atoms with Crippen LogP contribution in [0.2, 0.25) is 5.02 Å². The van der Waals surface area contributed by atoms with Gasteiger partial charge in [0.25, 0.3) is 0 Å². The Morgan fingerprint density at radius 2 is 1.89 bits per heavy atom. The van der Waals surface area contributed by atoms with E-state index in [1.54, 1.807) is 0 Å². The van der Waals surface area contributed by atoms with Gasteiger partial charge < -0.3 is 9.72 Å². The maximum Gasteiger partial charge on any atom is 0.130 e. The summed E-state index contributed by atoms with van der Waals surface area (Å²) in [6.07, 6.45) is 1.89. The van der Waals surface area contributed by atoms with Gasteiger partial charge in [-0.2, -0.15) is 0 Å². The van der Waals surface area contributed by atoms with Crippen LogP contribution in [0.25, 0.3) is 10.9 Å². The van der Waals surface area contributed by atoms with E-state index in [1.807, 2.05) is 54.7 Å². The fourth-order valence-electron chi connectivity index (χ4n) is 1.95. The van der Waals surface area contributed by atoms with Crippen molar-refractivity contribution in [3.8, 4) is 5.75 Å². The van der Waals surface area contributed by atoms with Gasteiger partial charge in [-0.1, -0.05) is 41.9 Å². The number of aromatic amines is 1. The zero-order chi connectivity index (χ0) is 12.4. The Bertz CT molecular complexity index is 661. The van der Waals surface area contributed by atoms with Gasteiger partial charge in [-0.25, -0.2) is 0 Å². The van der Waals surface area contributed by atoms with E-state index in [1.165, 1.54) is 0 Å². The van der Waals surface area contributed by atoms with Crippen LogP contribution in [0.15, 0.2) is 54.7 Å². The normalized spacial score (nSPS) is 10.7. The molecule has 0 saturated carbocycles. The average molecular weight is 258 g/mol. The number of hydrogen-bond acceptors (Lipinski definition) is 1. The minimum atomic E-state index is 0.543. The Balaban J connectivity index is 1.88. The lowest BCUT2D eigenvalue weighted by Crippen LogP contribution is -1.95. The lowest BCUT2D eigenvalue weighted by atomic mass is 10.2. The molecule has 90 valence electrons. The summed E-state index contributed by atoms with van der Waals surface area (Å²) >= 11 is 6.06. The number of hydrogen-bond donors (Lipinski definition) is 1. The summed E-state index contributed by atoms with van der Waals surface area (Å²) in [6.45, 7) is 0.543. The first-order valence-corrected chi connectivity index (χ1v) is 6.14. The highest BCUT2D eigenvalue weighted by molar-refractivity contribution is 6.31. The van der Waals surface area contributed by atoms with Crippen LogP contribution < -0.4 is 4.74 Å². The van der Waals surface area contributed by atoms with E-state index in [-0.39, 0.29) is 0 Å². The van der Waals surface area contributed by atoms with E-state index < -0.39 is 0 Å². The highest BCUT2D eigenvalue weighted by Gasteiger charge is 2.05. The van der Waals surface area contributed by atoms with Crippen LogP contribution in [-0.4, -0.2) is 4.98 Å². The van der Waals surface area contributed by atoms with E-state index in [9.17, 15) is 0 Å². The van der Waals surface area contributed by atoms with E-state index >= 15 is 0 Å². The molecule has 3 heteroatoms. The summed E-state index contributed by atoms with van der Waals surface area (Å²) in [5.74, 6) is 0.808. The molecule has 1 N–H and O–H groups in total. The number of H-pyrrole nitrogens is 1. The molecule has 0 bridgehead atoms. The molecule has 0 amide bonds. The molecule has 2 aromatic carbocycles. The molecule has 3 aromatic rings. The van der Waals surface area contributed by atoms with Gasteiger partial charge in [0.2, 0.25) is 0 Å². The van der Waals surface area contributed by atoms with Crippen molar-refractivity contribution in [2.45, 2.75) is 6.61 Å². The molecule has 18 heavy (non-hydrogen) atoms. The SMILES string of the molecule is Clc1cc(OCc2ccccc2)c2cc[nH]c2c1. The minimum absolute atomic E-state index is 0.543. The molecule has 0 spiro atoms. The van der Waals surface area contributed by atoms with Crippen molar-refractivity contribution in [3.05, 3.63) is 65.3 Å². The molecule has 0 fully saturated rings. The monoisotopic (exact) mass is 257 g/mol. The second kappa shape index (κ2) is 4.75. The molecule has 0 unspecified atom stereocenters. The van der Waals surface area contributed by atoms with Crippen molar-refractivity contribution in [2.75, 3.05) is 0 Å². The third kappa shape index (κ3) is 2.20. The Morgan fingerprint density at radius 3 is 2.72 bits per heavy atom. The predicted molar refractivity (Wildman–Crippen MR) is 74.1 cm³/mol. The summed E-state index contributed by atoms with van der Waals surface area (Å²) in [7, 11) is 0. The summed E-state index contributed by atoms with van der Waals surface area (Å²) in [5, 5.41) is 1.73. The maximum absolute atomic E-state index is 6.06. The van der Waals surface area contributed by atoms with Crippen molar-refractivity contribution in [1.82, 2.24) is 4.98 Å². The number of fused-ring (bicyclic) bond motifs is 1. The first-order valence-electron chi connectivity index (χ1n) is 5.76. The van der Waals surface area contributed by atoms with Gasteiger partial charge >= 0.3 is 0 Å². The van der Waals surface area contributed by atoms with Crippen molar-refractivity contribution in [3.63, 3.8) is 0 Å². The Hall–Kier alpha value is -1.93. The van der Waals surface area contributed by atoms with Gasteiger partial charge in [0.1, 0.15) is 12.4 Å². The topological polar surface area (TPSA) is 25.0 Å². The molecule has 1 heterocycles. The highest BCUT2D eigenvalue weighted by atomic mass is 35.5. The smallest absolute Gasteiger partial charge is 0.130 e. The Kier molecular flexibility index (Phi) is 2.95. The molecular formula is C15H12ClNO. The van der Waals surface area contributed by atoms with Crippen LogP contribution in [-0.2, 0) is 6.61 Å². The van der Waals surface area contributed by atoms with E-state index in [2.05, 4.69) is 4.98 Å². The predicted octanol–water partition coefficient (Wildman–Crippen LogP) is 4.40. The number of halogens is 1. The van der Waals surface area contributed by atoms with E-state index in [0.717, 1.165) is 22.2 Å². The molecular weight excluding hydrogens is 246 g/mol. The Labute approximate surface area is 110 Å². The van der Waals surface area contributed by atoms with Gasteiger partial charge in [0.15, 0.2) is 0 Å². The summed E-state index contributed by atoms with van der Waals surface area (Å²) in [5.41, 5.74) is 2.13. The number of ether oxygens (including phenoxy) is 1. The van der Waals surface area contributed by atoms with Crippen molar-refractivity contribution in [2.24, 2.45) is 0 Å². The third-order valence-electron chi connectivity index (χ3n) is 2.83.